The molecule has 3 aromatic heterocycles. The van der Waals surface area contributed by atoms with E-state index in [2.05, 4.69) is 74.6 Å². The lowest BCUT2D eigenvalue weighted by Gasteiger charge is -2.09. The molecule has 6 rings (SSSR count). The highest BCUT2D eigenvalue weighted by Crippen LogP contribution is 2.30. The third-order valence-electron chi connectivity index (χ3n) is 5.95. The minimum absolute atomic E-state index is 0.585. The molecule has 0 saturated carbocycles. The van der Waals surface area contributed by atoms with Gasteiger partial charge in [-0.3, -0.25) is 4.57 Å². The topological polar surface area (TPSA) is 89.6 Å². The molecule has 0 unspecified atom stereocenters. The van der Waals surface area contributed by atoms with Crippen molar-refractivity contribution in [3.8, 4) is 33.8 Å². The van der Waals surface area contributed by atoms with Crippen molar-refractivity contribution in [2.24, 2.45) is 0 Å². The van der Waals surface area contributed by atoms with Gasteiger partial charge in [0.15, 0.2) is 0 Å². The molecule has 8 nitrogen and oxygen atoms in total. The number of nitrogens with zero attached hydrogens (tertiary/aromatic N) is 7. The van der Waals surface area contributed by atoms with Gasteiger partial charge < -0.3 is 0 Å². The van der Waals surface area contributed by atoms with Gasteiger partial charge in [0.05, 0.1) is 18.4 Å². The highest BCUT2D eigenvalue weighted by molar-refractivity contribution is 5.80. The molecule has 0 aliphatic heterocycles. The van der Waals surface area contributed by atoms with Crippen molar-refractivity contribution in [2.45, 2.75) is 19.9 Å². The molecule has 8 heteroatoms. The Morgan fingerprint density at radius 3 is 2.32 bits per heavy atom. The quantitative estimate of drug-likeness (QED) is 0.402. The van der Waals surface area contributed by atoms with Gasteiger partial charge in [-0.2, -0.15) is 10.3 Å². The number of fused-ring (bicyclic) bond motifs is 1. The van der Waals surface area contributed by atoms with E-state index in [4.69, 9.17) is 10.1 Å². The summed E-state index contributed by atoms with van der Waals surface area (Å²) >= 11 is 0. The van der Waals surface area contributed by atoms with E-state index in [1.807, 2.05) is 47.1 Å². The Bertz CT molecular complexity index is 1540. The number of hydrogen-bond donors (Lipinski definition) is 1. The summed E-state index contributed by atoms with van der Waals surface area (Å²) in [5.41, 5.74) is 6.30. The van der Waals surface area contributed by atoms with Gasteiger partial charge in [0.25, 0.3) is 0 Å². The number of rotatable bonds is 6. The molecule has 0 spiro atoms. The summed E-state index contributed by atoms with van der Waals surface area (Å²) in [6.07, 6.45) is 2.83. The Balaban J connectivity index is 1.33. The first-order valence-electron chi connectivity index (χ1n) is 11.2. The highest BCUT2D eigenvalue weighted by Gasteiger charge is 2.15. The fraction of sp³-hybridized carbons (Fsp3) is 0.115. The van der Waals surface area contributed by atoms with Gasteiger partial charge in [0.1, 0.15) is 5.82 Å². The van der Waals surface area contributed by atoms with Crippen LogP contribution in [0.15, 0.2) is 85.1 Å². The van der Waals surface area contributed by atoms with Crippen LogP contribution in [0, 0.1) is 0 Å². The minimum atomic E-state index is 0.585. The molecule has 1 N–H and O–H groups in total. The van der Waals surface area contributed by atoms with E-state index >= 15 is 0 Å². The number of H-pyrrole nitrogens is 1. The molecule has 34 heavy (non-hydrogen) atoms. The standard InChI is InChI=1S/C26H22N8/c1-2-24-30-34-17-23(20-8-4-3-5-9-20)27-26(34)33(24)16-18-12-14-19(15-13-18)21-10-6-7-11-22(21)25-28-31-32-29-25/h3-15,17H,2,16H2,1H3,(H,28,29,31,32). The predicted octanol–water partition coefficient (Wildman–Crippen LogP) is 4.66. The summed E-state index contributed by atoms with van der Waals surface area (Å²) in [5.74, 6) is 2.44. The molecule has 0 amide bonds. The molecule has 0 radical (unpaired) electrons. The summed E-state index contributed by atoms with van der Waals surface area (Å²) < 4.78 is 4.07. The summed E-state index contributed by atoms with van der Waals surface area (Å²) in [6.45, 7) is 2.82. The number of nitrogens with one attached hydrogen (secondary N) is 1. The van der Waals surface area contributed by atoms with E-state index in [9.17, 15) is 0 Å². The second-order valence-electron chi connectivity index (χ2n) is 8.07. The van der Waals surface area contributed by atoms with Crippen LogP contribution in [0.4, 0.5) is 0 Å². The second kappa shape index (κ2) is 8.40. The summed E-state index contributed by atoms with van der Waals surface area (Å²) in [5, 5.41) is 19.3. The van der Waals surface area contributed by atoms with Crippen LogP contribution in [-0.4, -0.2) is 39.8 Å². The maximum atomic E-state index is 4.89. The third kappa shape index (κ3) is 3.55. The van der Waals surface area contributed by atoms with E-state index < -0.39 is 0 Å². The van der Waals surface area contributed by atoms with Gasteiger partial charge in [-0.15, -0.1) is 10.2 Å². The molecule has 0 fully saturated rings. The molecule has 6 aromatic rings. The Hall–Kier alpha value is -4.59. The maximum Gasteiger partial charge on any atom is 0.233 e. The van der Waals surface area contributed by atoms with E-state index in [1.165, 1.54) is 5.56 Å². The van der Waals surface area contributed by atoms with Crippen molar-refractivity contribution in [3.05, 3.63) is 96.4 Å². The molecule has 0 aliphatic rings. The Morgan fingerprint density at radius 2 is 1.59 bits per heavy atom. The van der Waals surface area contributed by atoms with E-state index in [1.54, 1.807) is 0 Å². The molecule has 166 valence electrons. The van der Waals surface area contributed by atoms with Crippen LogP contribution in [-0.2, 0) is 13.0 Å². The Labute approximate surface area is 195 Å². The van der Waals surface area contributed by atoms with Crippen molar-refractivity contribution < 1.29 is 0 Å². The van der Waals surface area contributed by atoms with Crippen molar-refractivity contribution in [1.29, 1.82) is 0 Å². The van der Waals surface area contributed by atoms with Crippen molar-refractivity contribution in [1.82, 2.24) is 39.8 Å². The van der Waals surface area contributed by atoms with Crippen LogP contribution in [0.3, 0.4) is 0 Å². The fourth-order valence-corrected chi connectivity index (χ4v) is 4.26. The Morgan fingerprint density at radius 1 is 0.824 bits per heavy atom. The normalized spacial score (nSPS) is 11.3. The van der Waals surface area contributed by atoms with Gasteiger partial charge in [0, 0.05) is 17.5 Å². The first kappa shape index (κ1) is 20.0. The SMILES string of the molecule is CCc1nn2cc(-c3ccccc3)nc2n1Cc1ccc(-c2ccccc2-c2nn[nH]n2)cc1. The van der Waals surface area contributed by atoms with E-state index in [-0.39, 0.29) is 0 Å². The van der Waals surface area contributed by atoms with Crippen LogP contribution in [0.2, 0.25) is 0 Å². The van der Waals surface area contributed by atoms with Crippen LogP contribution in [0.1, 0.15) is 18.3 Å². The summed E-state index contributed by atoms with van der Waals surface area (Å²) in [4.78, 5) is 4.89. The fourth-order valence-electron chi connectivity index (χ4n) is 4.26. The average molecular weight is 447 g/mol. The number of hydrogen-bond acceptors (Lipinski definition) is 5. The van der Waals surface area contributed by atoms with Gasteiger partial charge >= 0.3 is 0 Å². The third-order valence-corrected chi connectivity index (χ3v) is 5.95. The number of aromatic amines is 1. The van der Waals surface area contributed by atoms with Crippen molar-refractivity contribution in [3.63, 3.8) is 0 Å². The van der Waals surface area contributed by atoms with E-state index in [0.29, 0.717) is 12.4 Å². The molecule has 0 aliphatic carbocycles. The van der Waals surface area contributed by atoms with Crippen LogP contribution < -0.4 is 0 Å². The van der Waals surface area contributed by atoms with Gasteiger partial charge in [-0.1, -0.05) is 85.8 Å². The lowest BCUT2D eigenvalue weighted by molar-refractivity contribution is 0.744. The monoisotopic (exact) mass is 446 g/mol. The number of benzene rings is 3. The average Bonchev–Trinajstić information content (AvgIpc) is 3.63. The van der Waals surface area contributed by atoms with Gasteiger partial charge in [-0.05, 0) is 21.9 Å². The predicted molar refractivity (Wildman–Crippen MR) is 130 cm³/mol. The van der Waals surface area contributed by atoms with Crippen molar-refractivity contribution >= 4 is 5.78 Å². The van der Waals surface area contributed by atoms with Gasteiger partial charge in [0.2, 0.25) is 11.6 Å². The molecular weight excluding hydrogens is 424 g/mol. The molecule has 3 heterocycles. The molecule has 0 saturated heterocycles. The second-order valence-corrected chi connectivity index (χ2v) is 8.07. The Kier molecular flexibility index (Phi) is 4.95. The summed E-state index contributed by atoms with van der Waals surface area (Å²) in [7, 11) is 0. The zero-order valence-corrected chi connectivity index (χ0v) is 18.6. The van der Waals surface area contributed by atoms with Crippen molar-refractivity contribution in [2.75, 3.05) is 0 Å². The smallest absolute Gasteiger partial charge is 0.233 e. The number of aryl methyl sites for hydroxylation is 1. The lowest BCUT2D eigenvalue weighted by atomic mass is 9.98. The van der Waals surface area contributed by atoms with Crippen LogP contribution >= 0.6 is 0 Å². The zero-order valence-electron chi connectivity index (χ0n) is 18.6. The summed E-state index contributed by atoms with van der Waals surface area (Å²) in [6, 6.07) is 26.8. The molecule has 0 bridgehead atoms. The molecule has 3 aromatic carbocycles. The van der Waals surface area contributed by atoms with Gasteiger partial charge in [-0.25, -0.2) is 9.50 Å². The number of imidazole rings is 1. The minimum Gasteiger partial charge on any atom is -0.292 e. The highest BCUT2D eigenvalue weighted by atomic mass is 15.5. The lowest BCUT2D eigenvalue weighted by Crippen LogP contribution is -2.05. The molecule has 0 atom stereocenters. The number of aromatic nitrogens is 8. The van der Waals surface area contributed by atoms with E-state index in [0.717, 1.165) is 46.0 Å². The largest absolute Gasteiger partial charge is 0.292 e. The zero-order chi connectivity index (χ0) is 22.9. The van der Waals surface area contributed by atoms with Crippen LogP contribution in [0.25, 0.3) is 39.5 Å². The van der Waals surface area contributed by atoms with Crippen LogP contribution in [0.5, 0.6) is 0 Å². The molecular formula is C26H22N8. The first-order chi connectivity index (χ1) is 16.8. The number of tetrazole rings is 1. The maximum absolute atomic E-state index is 4.89. The first-order valence-corrected chi connectivity index (χ1v) is 11.2.